The van der Waals surface area contributed by atoms with Crippen molar-refractivity contribution in [1.29, 1.82) is 0 Å². The van der Waals surface area contributed by atoms with Gasteiger partial charge in [0.25, 0.3) is 0 Å². The summed E-state index contributed by atoms with van der Waals surface area (Å²) >= 11 is 0. The number of aryl methyl sites for hydroxylation is 1. The fourth-order valence-corrected chi connectivity index (χ4v) is 9.37. The van der Waals surface area contributed by atoms with Gasteiger partial charge in [-0.25, -0.2) is 9.97 Å². The first-order valence-electron chi connectivity index (χ1n) is 19.7. The summed E-state index contributed by atoms with van der Waals surface area (Å²) in [5.74, 6) is 1.81. The predicted molar refractivity (Wildman–Crippen MR) is 237 cm³/mol. The molecule has 58 heavy (non-hydrogen) atoms. The molecule has 0 amide bonds. The molecule has 272 valence electrons. The van der Waals surface area contributed by atoms with Gasteiger partial charge in [-0.1, -0.05) is 84.4 Å². The zero-order valence-electron chi connectivity index (χ0n) is 31.5. The van der Waals surface area contributed by atoms with Crippen LogP contribution in [0.25, 0.3) is 106 Å². The molecule has 0 saturated carbocycles. The molecule has 0 aliphatic rings. The van der Waals surface area contributed by atoms with E-state index in [2.05, 4.69) is 211 Å². The number of hydrogen-bond donors (Lipinski definition) is 0. The minimum absolute atomic E-state index is 0.902. The molecule has 0 unspecified atom stereocenters. The van der Waals surface area contributed by atoms with Crippen LogP contribution in [0.1, 0.15) is 5.56 Å². The standard InChI is InChI=1S/C51H33N7/c1-32-20-24-42-38(28-32)39-29-33(34-22-26-46-48(30-34)57-44-18-10-8-16-40(44)52-50(57)55(46)35-12-4-2-5-13-35)21-25-43(39)54(42)37-23-27-47-49(31-37)58-45-19-11-9-17-41(45)53-51(58)56(47)36-14-6-3-7-15-36/h2-31H,1H3. The van der Waals surface area contributed by atoms with Crippen LogP contribution in [0.15, 0.2) is 182 Å². The second-order valence-corrected chi connectivity index (χ2v) is 15.3. The SMILES string of the molecule is Cc1ccc2c(c1)c1cc(-c3ccc4c(c3)n3c5ccccc5nc3n4-c3ccccc3)ccc1n2-c1ccc2c(c1)n1c3ccccc3nc1n2-c1ccccc1. The highest BCUT2D eigenvalue weighted by molar-refractivity contribution is 6.11. The quantitative estimate of drug-likeness (QED) is 0.180. The number of benzene rings is 8. The molecule has 0 fully saturated rings. The Balaban J connectivity index is 1.03. The van der Waals surface area contributed by atoms with E-state index in [1.165, 1.54) is 27.4 Å². The van der Waals surface area contributed by atoms with Gasteiger partial charge in [-0.3, -0.25) is 17.9 Å². The zero-order valence-corrected chi connectivity index (χ0v) is 31.5. The van der Waals surface area contributed by atoms with Crippen LogP contribution >= 0.6 is 0 Å². The number of imidazole rings is 4. The van der Waals surface area contributed by atoms with Crippen molar-refractivity contribution in [2.45, 2.75) is 6.92 Å². The molecule has 0 spiro atoms. The average Bonchev–Trinajstić information content (AvgIpc) is 4.06. The van der Waals surface area contributed by atoms with Gasteiger partial charge in [0, 0.05) is 27.8 Å². The van der Waals surface area contributed by atoms with Crippen molar-refractivity contribution in [1.82, 2.24) is 32.5 Å². The van der Waals surface area contributed by atoms with Crippen molar-refractivity contribution in [3.63, 3.8) is 0 Å². The zero-order chi connectivity index (χ0) is 38.1. The molecule has 8 aromatic carbocycles. The molecule has 0 bridgehead atoms. The molecule has 0 saturated heterocycles. The number of nitrogens with zero attached hydrogens (tertiary/aromatic N) is 7. The van der Waals surface area contributed by atoms with Crippen molar-refractivity contribution < 1.29 is 0 Å². The monoisotopic (exact) mass is 743 g/mol. The molecule has 5 aromatic heterocycles. The Labute approximate surface area is 331 Å². The summed E-state index contributed by atoms with van der Waals surface area (Å²) in [5, 5.41) is 2.45. The highest BCUT2D eigenvalue weighted by Crippen LogP contribution is 2.39. The largest absolute Gasteiger partial charge is 0.309 e. The molecule has 7 nitrogen and oxygen atoms in total. The van der Waals surface area contributed by atoms with Gasteiger partial charge in [0.05, 0.1) is 55.2 Å². The van der Waals surface area contributed by atoms with Crippen LogP contribution in [0.5, 0.6) is 0 Å². The number of hydrogen-bond acceptors (Lipinski definition) is 2. The highest BCUT2D eigenvalue weighted by Gasteiger charge is 2.21. The Morgan fingerprint density at radius 3 is 1.43 bits per heavy atom. The van der Waals surface area contributed by atoms with Gasteiger partial charge in [-0.2, -0.15) is 0 Å². The lowest BCUT2D eigenvalue weighted by molar-refractivity contribution is 1.11. The molecule has 0 N–H and O–H groups in total. The maximum Gasteiger partial charge on any atom is 0.220 e. The minimum Gasteiger partial charge on any atom is -0.309 e. The van der Waals surface area contributed by atoms with Gasteiger partial charge in [-0.05, 0) is 121 Å². The Morgan fingerprint density at radius 2 is 0.810 bits per heavy atom. The van der Waals surface area contributed by atoms with E-state index in [9.17, 15) is 0 Å². The first kappa shape index (κ1) is 31.3. The maximum atomic E-state index is 5.15. The predicted octanol–water partition coefficient (Wildman–Crippen LogP) is 12.2. The van der Waals surface area contributed by atoms with E-state index in [1.54, 1.807) is 0 Å². The lowest BCUT2D eigenvalue weighted by Crippen LogP contribution is -1.96. The smallest absolute Gasteiger partial charge is 0.220 e. The summed E-state index contributed by atoms with van der Waals surface area (Å²) < 4.78 is 11.6. The van der Waals surface area contributed by atoms with Crippen LogP contribution in [-0.2, 0) is 0 Å². The normalized spacial score (nSPS) is 12.2. The van der Waals surface area contributed by atoms with Gasteiger partial charge in [0.2, 0.25) is 11.6 Å². The van der Waals surface area contributed by atoms with E-state index in [0.29, 0.717) is 0 Å². The molecule has 13 aromatic rings. The maximum absolute atomic E-state index is 5.15. The number of rotatable bonds is 4. The van der Waals surface area contributed by atoms with Gasteiger partial charge in [-0.15, -0.1) is 0 Å². The van der Waals surface area contributed by atoms with E-state index in [4.69, 9.17) is 9.97 Å². The second-order valence-electron chi connectivity index (χ2n) is 15.3. The van der Waals surface area contributed by atoms with E-state index in [-0.39, 0.29) is 0 Å². The number of fused-ring (bicyclic) bond motifs is 13. The Kier molecular flexibility index (Phi) is 6.25. The van der Waals surface area contributed by atoms with Crippen LogP contribution in [0.2, 0.25) is 0 Å². The summed E-state index contributed by atoms with van der Waals surface area (Å²) in [6, 6.07) is 65.3. The van der Waals surface area contributed by atoms with Crippen molar-refractivity contribution in [2.24, 2.45) is 0 Å². The van der Waals surface area contributed by atoms with Crippen LogP contribution in [-0.4, -0.2) is 32.5 Å². The summed E-state index contributed by atoms with van der Waals surface area (Å²) in [5.41, 5.74) is 17.8. The lowest BCUT2D eigenvalue weighted by atomic mass is 10.0. The van der Waals surface area contributed by atoms with Gasteiger partial charge < -0.3 is 4.57 Å². The molecule has 0 aliphatic carbocycles. The molecule has 13 rings (SSSR count). The third-order valence-corrected chi connectivity index (χ3v) is 11.9. The van der Waals surface area contributed by atoms with Crippen molar-refractivity contribution in [3.8, 4) is 28.2 Å². The average molecular weight is 744 g/mol. The molecule has 7 heteroatoms. The first-order valence-corrected chi connectivity index (χ1v) is 19.7. The molecule has 5 heterocycles. The van der Waals surface area contributed by atoms with Crippen molar-refractivity contribution in [3.05, 3.63) is 188 Å². The fraction of sp³-hybridized carbons (Fsp3) is 0.0196. The first-order chi connectivity index (χ1) is 28.7. The Bertz CT molecular complexity index is 3800. The van der Waals surface area contributed by atoms with Gasteiger partial charge in [0.15, 0.2) is 0 Å². The number of aromatic nitrogens is 7. The Hall–Kier alpha value is -7.90. The molecular formula is C51H33N7. The summed E-state index contributed by atoms with van der Waals surface area (Å²) in [4.78, 5) is 10.3. The fourth-order valence-electron chi connectivity index (χ4n) is 9.37. The van der Waals surface area contributed by atoms with Crippen LogP contribution in [0, 0.1) is 6.92 Å². The third-order valence-electron chi connectivity index (χ3n) is 11.9. The third kappa shape index (κ3) is 4.27. The summed E-state index contributed by atoms with van der Waals surface area (Å²) in [6.07, 6.45) is 0. The topological polar surface area (TPSA) is 49.4 Å². The molecule has 0 radical (unpaired) electrons. The number of para-hydroxylation sites is 6. The van der Waals surface area contributed by atoms with Crippen molar-refractivity contribution >= 4 is 77.5 Å². The minimum atomic E-state index is 0.902. The van der Waals surface area contributed by atoms with Gasteiger partial charge >= 0.3 is 0 Å². The molecule has 0 aliphatic heterocycles. The van der Waals surface area contributed by atoms with Crippen LogP contribution < -0.4 is 0 Å². The van der Waals surface area contributed by atoms with E-state index in [0.717, 1.165) is 83.8 Å². The van der Waals surface area contributed by atoms with Crippen LogP contribution in [0.4, 0.5) is 0 Å². The van der Waals surface area contributed by atoms with Crippen molar-refractivity contribution in [2.75, 3.05) is 0 Å². The second kappa shape index (κ2) is 11.6. The summed E-state index contributed by atoms with van der Waals surface area (Å²) in [7, 11) is 0. The van der Waals surface area contributed by atoms with E-state index >= 15 is 0 Å². The molecule has 0 atom stereocenters. The summed E-state index contributed by atoms with van der Waals surface area (Å²) in [6.45, 7) is 2.18. The Morgan fingerprint density at radius 1 is 0.328 bits per heavy atom. The van der Waals surface area contributed by atoms with E-state index in [1.807, 2.05) is 0 Å². The lowest BCUT2D eigenvalue weighted by Gasteiger charge is -2.10. The van der Waals surface area contributed by atoms with Gasteiger partial charge in [0.1, 0.15) is 0 Å². The highest BCUT2D eigenvalue weighted by atomic mass is 15.2. The van der Waals surface area contributed by atoms with Crippen LogP contribution in [0.3, 0.4) is 0 Å². The van der Waals surface area contributed by atoms with E-state index < -0.39 is 0 Å². The molecular weight excluding hydrogens is 711 g/mol.